The van der Waals surface area contributed by atoms with Gasteiger partial charge < -0.3 is 10.1 Å². The van der Waals surface area contributed by atoms with Crippen LogP contribution in [0.1, 0.15) is 51.9 Å². The van der Waals surface area contributed by atoms with Gasteiger partial charge in [-0.15, -0.1) is 0 Å². The van der Waals surface area contributed by atoms with Crippen LogP contribution in [0.15, 0.2) is 29.2 Å². The highest BCUT2D eigenvalue weighted by Gasteiger charge is 2.27. The molecule has 29 heavy (non-hydrogen) atoms. The quantitative estimate of drug-likeness (QED) is 0.613. The number of anilines is 1. The van der Waals surface area contributed by atoms with E-state index in [-0.39, 0.29) is 23.4 Å². The van der Waals surface area contributed by atoms with Gasteiger partial charge in [-0.25, -0.2) is 12.7 Å². The lowest BCUT2D eigenvalue weighted by Gasteiger charge is -2.27. The summed E-state index contributed by atoms with van der Waals surface area (Å²) in [5.41, 5.74) is 0.445. The Morgan fingerprint density at radius 1 is 1.10 bits per heavy atom. The molecule has 7 nitrogen and oxygen atoms in total. The van der Waals surface area contributed by atoms with E-state index in [0.717, 1.165) is 30.0 Å². The second kappa shape index (κ2) is 10.7. The molecule has 1 aliphatic carbocycles. The maximum Gasteiger partial charge on any atom is 0.309 e. The van der Waals surface area contributed by atoms with Gasteiger partial charge in [-0.3, -0.25) is 9.59 Å². The van der Waals surface area contributed by atoms with Gasteiger partial charge in [0.15, 0.2) is 6.61 Å². The largest absolute Gasteiger partial charge is 0.455 e. The fraction of sp³-hybridized carbons (Fsp3) is 0.619. The van der Waals surface area contributed by atoms with Gasteiger partial charge in [0, 0.05) is 19.8 Å². The van der Waals surface area contributed by atoms with Crippen molar-refractivity contribution in [1.82, 2.24) is 4.31 Å². The van der Waals surface area contributed by atoms with Crippen molar-refractivity contribution in [3.05, 3.63) is 24.3 Å². The van der Waals surface area contributed by atoms with E-state index < -0.39 is 15.9 Å². The van der Waals surface area contributed by atoms with Crippen LogP contribution >= 0.6 is 0 Å². The van der Waals surface area contributed by atoms with E-state index in [9.17, 15) is 18.0 Å². The maximum absolute atomic E-state index is 12.2. The van der Waals surface area contributed by atoms with Crippen LogP contribution in [0, 0.1) is 11.8 Å². The smallest absolute Gasteiger partial charge is 0.309 e. The van der Waals surface area contributed by atoms with Crippen LogP contribution in [0.4, 0.5) is 5.69 Å². The van der Waals surface area contributed by atoms with Crippen LogP contribution in [0.2, 0.25) is 0 Å². The van der Waals surface area contributed by atoms with Gasteiger partial charge in [0.05, 0.1) is 10.8 Å². The van der Waals surface area contributed by atoms with Crippen molar-refractivity contribution in [3.8, 4) is 0 Å². The molecular weight excluding hydrogens is 392 g/mol. The summed E-state index contributed by atoms with van der Waals surface area (Å²) in [6.45, 7) is 1.85. The average Bonchev–Trinajstić information content (AvgIpc) is 2.71. The highest BCUT2D eigenvalue weighted by Crippen LogP contribution is 2.32. The zero-order valence-corrected chi connectivity index (χ0v) is 18.3. The van der Waals surface area contributed by atoms with Gasteiger partial charge in [0.25, 0.3) is 5.91 Å². The lowest BCUT2D eigenvalue weighted by molar-refractivity contribution is -0.152. The molecule has 1 aromatic carbocycles. The third-order valence-electron chi connectivity index (χ3n) is 5.41. The fourth-order valence-corrected chi connectivity index (χ4v) is 4.45. The van der Waals surface area contributed by atoms with E-state index in [4.69, 9.17) is 4.74 Å². The molecule has 0 unspecified atom stereocenters. The van der Waals surface area contributed by atoms with Gasteiger partial charge in [0.1, 0.15) is 0 Å². The van der Waals surface area contributed by atoms with Crippen LogP contribution in [-0.2, 0) is 24.3 Å². The second-order valence-corrected chi connectivity index (χ2v) is 9.98. The Morgan fingerprint density at radius 3 is 2.28 bits per heavy atom. The SMILES string of the molecule is CCCCC1CCC(C(=O)OCC(=O)Nc2ccc(S(=O)(=O)N(C)C)cc2)CC1. The monoisotopic (exact) mass is 424 g/mol. The summed E-state index contributed by atoms with van der Waals surface area (Å²) in [7, 11) is -0.603. The average molecular weight is 425 g/mol. The summed E-state index contributed by atoms with van der Waals surface area (Å²) in [4.78, 5) is 24.4. The van der Waals surface area contributed by atoms with Gasteiger partial charge in [-0.1, -0.05) is 26.2 Å². The topological polar surface area (TPSA) is 92.8 Å². The van der Waals surface area contributed by atoms with Gasteiger partial charge in [-0.05, 0) is 55.9 Å². The Morgan fingerprint density at radius 2 is 1.72 bits per heavy atom. The van der Waals surface area contributed by atoms with Crippen LogP contribution in [0.25, 0.3) is 0 Å². The molecule has 8 heteroatoms. The minimum absolute atomic E-state index is 0.115. The molecule has 0 atom stereocenters. The first-order valence-electron chi connectivity index (χ1n) is 10.2. The second-order valence-electron chi connectivity index (χ2n) is 7.83. The highest BCUT2D eigenvalue weighted by atomic mass is 32.2. The molecule has 0 spiro atoms. The summed E-state index contributed by atoms with van der Waals surface area (Å²) in [6.07, 6.45) is 7.43. The maximum atomic E-state index is 12.2. The number of unbranched alkanes of at least 4 members (excludes halogenated alkanes) is 1. The predicted molar refractivity (Wildman–Crippen MR) is 112 cm³/mol. The number of nitrogens with one attached hydrogen (secondary N) is 1. The fourth-order valence-electron chi connectivity index (χ4n) is 3.55. The van der Waals surface area contributed by atoms with Gasteiger partial charge in [0.2, 0.25) is 10.0 Å². The van der Waals surface area contributed by atoms with E-state index in [1.165, 1.54) is 57.6 Å². The molecule has 2 rings (SSSR count). The van der Waals surface area contributed by atoms with Crippen LogP contribution in [0.5, 0.6) is 0 Å². The third-order valence-corrected chi connectivity index (χ3v) is 7.24. The molecule has 0 aromatic heterocycles. The van der Waals surface area contributed by atoms with E-state index in [2.05, 4.69) is 12.2 Å². The van der Waals surface area contributed by atoms with Crippen molar-refractivity contribution in [2.75, 3.05) is 26.0 Å². The number of hydrogen-bond acceptors (Lipinski definition) is 5. The first-order chi connectivity index (χ1) is 13.7. The Hall–Kier alpha value is -1.93. The number of amides is 1. The molecule has 0 saturated heterocycles. The minimum atomic E-state index is -3.51. The van der Waals surface area contributed by atoms with Crippen LogP contribution in [0.3, 0.4) is 0 Å². The number of sulfonamides is 1. The molecule has 162 valence electrons. The van der Waals surface area contributed by atoms with E-state index in [1.807, 2.05) is 0 Å². The van der Waals surface area contributed by atoms with Gasteiger partial charge in [-0.2, -0.15) is 0 Å². The molecular formula is C21H32N2O5S. The van der Waals surface area contributed by atoms with Crippen molar-refractivity contribution in [1.29, 1.82) is 0 Å². The molecule has 1 fully saturated rings. The summed E-state index contributed by atoms with van der Waals surface area (Å²) in [5, 5.41) is 2.61. The lowest BCUT2D eigenvalue weighted by atomic mass is 9.80. The van der Waals surface area contributed by atoms with E-state index >= 15 is 0 Å². The van der Waals surface area contributed by atoms with E-state index in [1.54, 1.807) is 0 Å². The standard InChI is InChI=1S/C21H32N2O5S/c1-4-5-6-16-7-9-17(10-8-16)21(25)28-15-20(24)22-18-11-13-19(14-12-18)29(26,27)23(2)3/h11-14,16-17H,4-10,15H2,1-3H3,(H,22,24). The molecule has 1 amide bonds. The molecule has 1 aromatic rings. The normalized spacial score (nSPS) is 19.7. The Bertz CT molecular complexity index is 782. The number of ether oxygens (including phenoxy) is 1. The van der Waals surface area contributed by atoms with Crippen molar-refractivity contribution < 1.29 is 22.7 Å². The van der Waals surface area contributed by atoms with Gasteiger partial charge >= 0.3 is 5.97 Å². The molecule has 0 radical (unpaired) electrons. The predicted octanol–water partition coefficient (Wildman–Crippen LogP) is 3.42. The first kappa shape index (κ1) is 23.3. The summed E-state index contributed by atoms with van der Waals surface area (Å²) in [5.74, 6) is -0.155. The summed E-state index contributed by atoms with van der Waals surface area (Å²) < 4.78 is 30.4. The molecule has 0 aliphatic heterocycles. The molecule has 1 saturated carbocycles. The molecule has 1 N–H and O–H groups in total. The van der Waals surface area contributed by atoms with Crippen molar-refractivity contribution in [2.24, 2.45) is 11.8 Å². The lowest BCUT2D eigenvalue weighted by Crippen LogP contribution is -2.27. The Labute approximate surface area is 173 Å². The highest BCUT2D eigenvalue weighted by molar-refractivity contribution is 7.89. The zero-order chi connectivity index (χ0) is 21.4. The number of carbonyl (C=O) groups is 2. The van der Waals surface area contributed by atoms with Crippen molar-refractivity contribution >= 4 is 27.6 Å². The van der Waals surface area contributed by atoms with Crippen molar-refractivity contribution in [2.45, 2.75) is 56.8 Å². The number of esters is 1. The number of carbonyl (C=O) groups excluding carboxylic acids is 2. The van der Waals surface area contributed by atoms with E-state index in [0.29, 0.717) is 11.6 Å². The van der Waals surface area contributed by atoms with Crippen LogP contribution < -0.4 is 5.32 Å². The molecule has 1 aliphatic rings. The third kappa shape index (κ3) is 6.82. The summed E-state index contributed by atoms with van der Waals surface area (Å²) >= 11 is 0. The summed E-state index contributed by atoms with van der Waals surface area (Å²) in [6, 6.07) is 5.86. The zero-order valence-electron chi connectivity index (χ0n) is 17.5. The Balaban J connectivity index is 1.76. The number of hydrogen-bond donors (Lipinski definition) is 1. The Kier molecular flexibility index (Phi) is 8.64. The number of nitrogens with zero attached hydrogens (tertiary/aromatic N) is 1. The number of rotatable bonds is 9. The minimum Gasteiger partial charge on any atom is -0.455 e. The molecule has 0 heterocycles. The van der Waals surface area contributed by atoms with Crippen molar-refractivity contribution in [3.63, 3.8) is 0 Å². The number of benzene rings is 1. The first-order valence-corrected chi connectivity index (χ1v) is 11.7. The van der Waals surface area contributed by atoms with Crippen LogP contribution in [-0.4, -0.2) is 45.3 Å². The molecule has 0 bridgehead atoms.